The van der Waals surface area contributed by atoms with Crippen LogP contribution in [0.25, 0.3) is 5.95 Å². The molecule has 3 aromatic heterocycles. The van der Waals surface area contributed by atoms with Gasteiger partial charge in [0.15, 0.2) is 0 Å². The fraction of sp³-hybridized carbons (Fsp3) is 0.188. The van der Waals surface area contributed by atoms with E-state index < -0.39 is 0 Å². The lowest BCUT2D eigenvalue weighted by Gasteiger charge is -2.06. The van der Waals surface area contributed by atoms with E-state index in [0.717, 1.165) is 17.0 Å². The van der Waals surface area contributed by atoms with Crippen molar-refractivity contribution in [1.82, 2.24) is 24.7 Å². The third kappa shape index (κ3) is 2.94. The Hall–Kier alpha value is -3.09. The van der Waals surface area contributed by atoms with Crippen LogP contribution >= 0.6 is 0 Å². The Morgan fingerprint density at radius 3 is 2.30 bits per heavy atom. The summed E-state index contributed by atoms with van der Waals surface area (Å²) in [4.78, 5) is 24.5. The molecule has 3 heterocycles. The number of carbonyl (C=O) groups excluding carboxylic acids is 1. The molecule has 0 aliphatic heterocycles. The Balaban J connectivity index is 1.80. The predicted molar refractivity (Wildman–Crippen MR) is 85.6 cm³/mol. The van der Waals surface area contributed by atoms with Gasteiger partial charge >= 0.3 is 0 Å². The second kappa shape index (κ2) is 5.96. The van der Waals surface area contributed by atoms with Crippen LogP contribution in [0.3, 0.4) is 0 Å². The van der Waals surface area contributed by atoms with Crippen LogP contribution in [0, 0.1) is 20.8 Å². The maximum absolute atomic E-state index is 12.1. The zero-order valence-corrected chi connectivity index (χ0v) is 13.1. The van der Waals surface area contributed by atoms with Gasteiger partial charge in [0.05, 0.1) is 23.8 Å². The van der Waals surface area contributed by atoms with Gasteiger partial charge in [0.2, 0.25) is 0 Å². The number of carbonyl (C=O) groups is 1. The van der Waals surface area contributed by atoms with Gasteiger partial charge in [0.1, 0.15) is 0 Å². The second-order valence-corrected chi connectivity index (χ2v) is 5.17. The summed E-state index contributed by atoms with van der Waals surface area (Å²) in [5.74, 6) is 0.242. The molecule has 0 saturated carbocycles. The lowest BCUT2D eigenvalue weighted by Crippen LogP contribution is -2.13. The monoisotopic (exact) mass is 308 g/mol. The zero-order valence-electron chi connectivity index (χ0n) is 13.1. The van der Waals surface area contributed by atoms with Crippen molar-refractivity contribution in [1.29, 1.82) is 0 Å². The van der Waals surface area contributed by atoms with Gasteiger partial charge in [0, 0.05) is 23.7 Å². The van der Waals surface area contributed by atoms with Crippen LogP contribution in [0.15, 0.2) is 36.9 Å². The summed E-state index contributed by atoms with van der Waals surface area (Å²) < 4.78 is 1.69. The molecule has 0 atom stereocenters. The normalized spacial score (nSPS) is 10.6. The van der Waals surface area contributed by atoms with Crippen molar-refractivity contribution in [2.75, 3.05) is 5.32 Å². The van der Waals surface area contributed by atoms with Crippen molar-refractivity contribution < 1.29 is 4.79 Å². The highest BCUT2D eigenvalue weighted by molar-refractivity contribution is 6.03. The number of nitrogens with one attached hydrogen (secondary N) is 1. The Labute approximate surface area is 133 Å². The SMILES string of the molecule is Cc1nn(-c2ncc(NC(=O)c3ccncc3)cn2)c(C)c1C. The number of hydrogen-bond donors (Lipinski definition) is 1. The summed E-state index contributed by atoms with van der Waals surface area (Å²) in [5.41, 5.74) is 4.10. The molecule has 3 aromatic rings. The molecule has 7 heteroatoms. The molecule has 0 spiro atoms. The van der Waals surface area contributed by atoms with Gasteiger partial charge in [-0.15, -0.1) is 0 Å². The molecule has 0 aliphatic rings. The second-order valence-electron chi connectivity index (χ2n) is 5.17. The Morgan fingerprint density at radius 2 is 1.74 bits per heavy atom. The molecular weight excluding hydrogens is 292 g/mol. The van der Waals surface area contributed by atoms with Gasteiger partial charge < -0.3 is 5.32 Å². The van der Waals surface area contributed by atoms with E-state index in [1.54, 1.807) is 41.6 Å². The van der Waals surface area contributed by atoms with E-state index in [1.165, 1.54) is 0 Å². The number of hydrogen-bond acceptors (Lipinski definition) is 5. The number of amides is 1. The summed E-state index contributed by atoms with van der Waals surface area (Å²) >= 11 is 0. The molecule has 116 valence electrons. The third-order valence-corrected chi connectivity index (χ3v) is 3.68. The maximum atomic E-state index is 12.1. The molecule has 0 radical (unpaired) electrons. The molecule has 23 heavy (non-hydrogen) atoms. The number of aromatic nitrogens is 5. The molecule has 0 unspecified atom stereocenters. The van der Waals surface area contributed by atoms with E-state index in [4.69, 9.17) is 0 Å². The number of nitrogens with zero attached hydrogens (tertiary/aromatic N) is 5. The van der Waals surface area contributed by atoms with Crippen LogP contribution < -0.4 is 5.32 Å². The molecule has 0 fully saturated rings. The molecule has 1 amide bonds. The average Bonchev–Trinajstić information content (AvgIpc) is 2.84. The Kier molecular flexibility index (Phi) is 3.84. The smallest absolute Gasteiger partial charge is 0.255 e. The third-order valence-electron chi connectivity index (χ3n) is 3.68. The molecule has 3 rings (SSSR count). The lowest BCUT2D eigenvalue weighted by molar-refractivity contribution is 0.102. The van der Waals surface area contributed by atoms with Crippen LogP contribution in [0.1, 0.15) is 27.3 Å². The van der Waals surface area contributed by atoms with E-state index in [2.05, 4.69) is 25.4 Å². The van der Waals surface area contributed by atoms with E-state index in [-0.39, 0.29) is 5.91 Å². The zero-order chi connectivity index (χ0) is 16.4. The predicted octanol–water partition coefficient (Wildman–Crippen LogP) is 2.23. The number of rotatable bonds is 3. The van der Waals surface area contributed by atoms with E-state index in [0.29, 0.717) is 17.2 Å². The van der Waals surface area contributed by atoms with Crippen LogP contribution in [0.4, 0.5) is 5.69 Å². The van der Waals surface area contributed by atoms with Gasteiger partial charge in [-0.05, 0) is 38.5 Å². The highest BCUT2D eigenvalue weighted by Crippen LogP contribution is 2.15. The van der Waals surface area contributed by atoms with E-state index in [9.17, 15) is 4.79 Å². The van der Waals surface area contributed by atoms with Crippen LogP contribution in [-0.4, -0.2) is 30.6 Å². The Morgan fingerprint density at radius 1 is 1.09 bits per heavy atom. The van der Waals surface area contributed by atoms with Crippen molar-refractivity contribution in [3.63, 3.8) is 0 Å². The molecule has 0 aromatic carbocycles. The molecule has 7 nitrogen and oxygen atoms in total. The fourth-order valence-electron chi connectivity index (χ4n) is 2.12. The van der Waals surface area contributed by atoms with Crippen molar-refractivity contribution in [3.05, 3.63) is 59.4 Å². The van der Waals surface area contributed by atoms with Crippen molar-refractivity contribution in [3.8, 4) is 5.95 Å². The standard InChI is InChI=1S/C16H16N6O/c1-10-11(2)21-22(12(10)3)16-18-8-14(9-19-16)20-15(23)13-4-6-17-7-5-13/h4-9H,1-3H3,(H,20,23). The summed E-state index contributed by atoms with van der Waals surface area (Å²) in [6.45, 7) is 5.93. The van der Waals surface area contributed by atoms with Crippen LogP contribution in [0.2, 0.25) is 0 Å². The molecule has 0 saturated heterocycles. The molecular formula is C16H16N6O. The molecule has 0 aliphatic carbocycles. The average molecular weight is 308 g/mol. The number of pyridine rings is 1. The fourth-order valence-corrected chi connectivity index (χ4v) is 2.12. The highest BCUT2D eigenvalue weighted by Gasteiger charge is 2.11. The van der Waals surface area contributed by atoms with Crippen molar-refractivity contribution in [2.45, 2.75) is 20.8 Å². The van der Waals surface area contributed by atoms with Gasteiger partial charge in [0.25, 0.3) is 11.9 Å². The lowest BCUT2D eigenvalue weighted by atomic mass is 10.2. The summed E-state index contributed by atoms with van der Waals surface area (Å²) in [5, 5.41) is 7.16. The Bertz CT molecular complexity index is 839. The van der Waals surface area contributed by atoms with E-state index >= 15 is 0 Å². The number of anilines is 1. The van der Waals surface area contributed by atoms with E-state index in [1.807, 2.05) is 20.8 Å². The first kappa shape index (κ1) is 14.8. The summed E-state index contributed by atoms with van der Waals surface area (Å²) in [7, 11) is 0. The van der Waals surface area contributed by atoms with Crippen molar-refractivity contribution >= 4 is 11.6 Å². The largest absolute Gasteiger partial charge is 0.319 e. The van der Waals surface area contributed by atoms with Gasteiger partial charge in [-0.25, -0.2) is 14.6 Å². The number of aryl methyl sites for hydroxylation is 1. The van der Waals surface area contributed by atoms with Crippen LogP contribution in [-0.2, 0) is 0 Å². The molecule has 0 bridgehead atoms. The maximum Gasteiger partial charge on any atom is 0.255 e. The van der Waals surface area contributed by atoms with Gasteiger partial charge in [-0.2, -0.15) is 5.10 Å². The highest BCUT2D eigenvalue weighted by atomic mass is 16.1. The van der Waals surface area contributed by atoms with Gasteiger partial charge in [-0.1, -0.05) is 0 Å². The van der Waals surface area contributed by atoms with Gasteiger partial charge in [-0.3, -0.25) is 9.78 Å². The first-order valence-corrected chi connectivity index (χ1v) is 7.13. The van der Waals surface area contributed by atoms with Crippen molar-refractivity contribution in [2.24, 2.45) is 0 Å². The minimum Gasteiger partial charge on any atom is -0.319 e. The summed E-state index contributed by atoms with van der Waals surface area (Å²) in [6.07, 6.45) is 6.26. The quantitative estimate of drug-likeness (QED) is 0.802. The van der Waals surface area contributed by atoms with Crippen LogP contribution in [0.5, 0.6) is 0 Å². The molecule has 1 N–H and O–H groups in total. The minimum absolute atomic E-state index is 0.231. The topological polar surface area (TPSA) is 85.6 Å². The minimum atomic E-state index is -0.231. The summed E-state index contributed by atoms with van der Waals surface area (Å²) in [6, 6.07) is 3.28. The first-order chi connectivity index (χ1) is 11.1. The first-order valence-electron chi connectivity index (χ1n) is 7.13.